The average molecular weight is 437 g/mol. The number of imidazole rings is 1. The van der Waals surface area contributed by atoms with Crippen LogP contribution >= 0.6 is 0 Å². The van der Waals surface area contributed by atoms with E-state index in [0.29, 0.717) is 23.4 Å². The number of hydrogen-bond acceptors (Lipinski definition) is 6. The van der Waals surface area contributed by atoms with Crippen LogP contribution in [0.5, 0.6) is 5.75 Å². The zero-order valence-corrected chi connectivity index (χ0v) is 18.9. The minimum absolute atomic E-state index is 0.0950. The number of amides is 1. The Morgan fingerprint density at radius 2 is 2.09 bits per heavy atom. The van der Waals surface area contributed by atoms with Crippen molar-refractivity contribution in [1.82, 2.24) is 14.5 Å². The summed E-state index contributed by atoms with van der Waals surface area (Å²) in [6, 6.07) is 6.09. The predicted molar refractivity (Wildman–Crippen MR) is 126 cm³/mol. The number of aryl methyl sites for hydroxylation is 1. The first-order valence-electron chi connectivity index (χ1n) is 11.4. The van der Waals surface area contributed by atoms with E-state index >= 15 is 0 Å². The largest absolute Gasteiger partial charge is 0.495 e. The van der Waals surface area contributed by atoms with Crippen molar-refractivity contribution in [3.8, 4) is 11.4 Å². The molecule has 1 amide bonds. The highest BCUT2D eigenvalue weighted by Crippen LogP contribution is 2.35. The molecule has 170 valence electrons. The number of methoxy groups -OCH3 is 1. The fourth-order valence-electron chi connectivity index (χ4n) is 5.02. The number of fused-ring (bicyclic) bond motifs is 1. The number of carbonyl (C=O) groups excluding carboxylic acids is 1. The molecule has 2 fully saturated rings. The highest BCUT2D eigenvalue weighted by atomic mass is 16.5. The van der Waals surface area contributed by atoms with E-state index < -0.39 is 0 Å². The predicted octanol–water partition coefficient (Wildman–Crippen LogP) is 3.10. The zero-order valence-electron chi connectivity index (χ0n) is 18.9. The standard InChI is InChI=1S/C24H32N6O2/c1-17-15-29(16-27-17)22-10-9-19(12-23(22)32-2)20(28-25)13-26-14-24(31)30-11-5-7-18-6-3-4-8-21(18)30/h9-10,12-13,15-16,18,21H,3-8,11,14,25H2,1-2H3/b26-13?,28-20+. The van der Waals surface area contributed by atoms with Crippen molar-refractivity contribution in [2.45, 2.75) is 51.5 Å². The summed E-state index contributed by atoms with van der Waals surface area (Å²) in [5, 5.41) is 3.88. The van der Waals surface area contributed by atoms with Gasteiger partial charge in [0.1, 0.15) is 18.0 Å². The summed E-state index contributed by atoms with van der Waals surface area (Å²) >= 11 is 0. The highest BCUT2D eigenvalue weighted by Gasteiger charge is 2.35. The van der Waals surface area contributed by atoms with E-state index in [9.17, 15) is 4.79 Å². The topological polar surface area (TPSA) is 98.1 Å². The third-order valence-corrected chi connectivity index (χ3v) is 6.61. The number of aliphatic imine (C=N–C) groups is 1. The number of hydrazone groups is 1. The number of hydrogen-bond donors (Lipinski definition) is 1. The summed E-state index contributed by atoms with van der Waals surface area (Å²) in [5.41, 5.74) is 3.06. The fourth-order valence-corrected chi connectivity index (χ4v) is 5.02. The van der Waals surface area contributed by atoms with Crippen LogP contribution in [-0.2, 0) is 4.79 Å². The van der Waals surface area contributed by atoms with Crippen molar-refractivity contribution in [2.75, 3.05) is 20.2 Å². The Morgan fingerprint density at radius 3 is 2.84 bits per heavy atom. The lowest BCUT2D eigenvalue weighted by atomic mass is 9.78. The van der Waals surface area contributed by atoms with Crippen LogP contribution in [-0.4, -0.2) is 58.5 Å². The number of nitrogens with two attached hydrogens (primary N) is 1. The third kappa shape index (κ3) is 4.69. The first-order chi connectivity index (χ1) is 15.6. The van der Waals surface area contributed by atoms with Crippen LogP contribution in [0, 0.1) is 12.8 Å². The average Bonchev–Trinajstić information content (AvgIpc) is 3.27. The van der Waals surface area contributed by atoms with Gasteiger partial charge in [-0.05, 0) is 50.7 Å². The smallest absolute Gasteiger partial charge is 0.244 e. The van der Waals surface area contributed by atoms with Crippen molar-refractivity contribution < 1.29 is 9.53 Å². The quantitative estimate of drug-likeness (QED) is 0.427. The van der Waals surface area contributed by atoms with Gasteiger partial charge in [0.15, 0.2) is 0 Å². The number of carbonyl (C=O) groups is 1. The van der Waals surface area contributed by atoms with E-state index in [0.717, 1.165) is 36.3 Å². The second-order valence-electron chi connectivity index (χ2n) is 8.63. The molecule has 1 aromatic heterocycles. The van der Waals surface area contributed by atoms with Crippen LogP contribution in [0.25, 0.3) is 5.69 Å². The molecule has 1 saturated heterocycles. The molecule has 1 saturated carbocycles. The summed E-state index contributed by atoms with van der Waals surface area (Å²) in [6.45, 7) is 2.90. The molecule has 2 N–H and O–H groups in total. The Morgan fingerprint density at radius 1 is 1.28 bits per heavy atom. The van der Waals surface area contributed by atoms with Gasteiger partial charge in [-0.3, -0.25) is 9.79 Å². The number of piperidine rings is 1. The number of aromatic nitrogens is 2. The molecule has 2 aliphatic rings. The maximum atomic E-state index is 12.9. The molecule has 2 unspecified atom stereocenters. The van der Waals surface area contributed by atoms with Gasteiger partial charge in [0.25, 0.3) is 0 Å². The van der Waals surface area contributed by atoms with Gasteiger partial charge in [-0.25, -0.2) is 4.98 Å². The van der Waals surface area contributed by atoms with E-state index in [-0.39, 0.29) is 12.5 Å². The van der Waals surface area contributed by atoms with Gasteiger partial charge in [-0.1, -0.05) is 18.9 Å². The van der Waals surface area contributed by atoms with Crippen LogP contribution in [0.1, 0.15) is 49.8 Å². The molecule has 2 aromatic rings. The number of benzene rings is 1. The molecule has 2 atom stereocenters. The number of rotatable bonds is 6. The van der Waals surface area contributed by atoms with Crippen LogP contribution < -0.4 is 10.6 Å². The fraction of sp³-hybridized carbons (Fsp3) is 0.500. The molecule has 1 aromatic carbocycles. The van der Waals surface area contributed by atoms with Crippen molar-refractivity contribution in [3.05, 3.63) is 42.0 Å². The Bertz CT molecular complexity index is 1010. The van der Waals surface area contributed by atoms with Crippen LogP contribution in [0.2, 0.25) is 0 Å². The van der Waals surface area contributed by atoms with E-state index in [1.807, 2.05) is 35.9 Å². The Kier molecular flexibility index (Phi) is 6.87. The third-order valence-electron chi connectivity index (χ3n) is 6.61. The minimum atomic E-state index is 0.0950. The molecule has 0 bridgehead atoms. The molecule has 8 nitrogen and oxygen atoms in total. The molecular weight excluding hydrogens is 404 g/mol. The van der Waals surface area contributed by atoms with Gasteiger partial charge in [-0.2, -0.15) is 5.10 Å². The van der Waals surface area contributed by atoms with Gasteiger partial charge in [0, 0.05) is 30.6 Å². The highest BCUT2D eigenvalue weighted by molar-refractivity contribution is 6.38. The summed E-state index contributed by atoms with van der Waals surface area (Å²) in [7, 11) is 1.62. The monoisotopic (exact) mass is 436 g/mol. The Balaban J connectivity index is 1.44. The van der Waals surface area contributed by atoms with Crippen molar-refractivity contribution in [3.63, 3.8) is 0 Å². The molecule has 2 heterocycles. The summed E-state index contributed by atoms with van der Waals surface area (Å²) in [6.07, 6.45) is 12.5. The molecule has 32 heavy (non-hydrogen) atoms. The van der Waals surface area contributed by atoms with Gasteiger partial charge < -0.3 is 20.0 Å². The molecule has 4 rings (SSSR count). The molecule has 1 aliphatic carbocycles. The van der Waals surface area contributed by atoms with Crippen molar-refractivity contribution in [2.24, 2.45) is 21.9 Å². The van der Waals surface area contributed by atoms with Crippen LogP contribution in [0.15, 0.2) is 40.8 Å². The second kappa shape index (κ2) is 9.97. The molecule has 8 heteroatoms. The number of likely N-dealkylation sites (tertiary alicyclic amines) is 1. The van der Waals surface area contributed by atoms with Gasteiger partial charge in [0.2, 0.25) is 5.91 Å². The summed E-state index contributed by atoms with van der Waals surface area (Å²) < 4.78 is 7.47. The lowest BCUT2D eigenvalue weighted by Gasteiger charge is -2.44. The van der Waals surface area contributed by atoms with Gasteiger partial charge in [-0.15, -0.1) is 0 Å². The summed E-state index contributed by atoms with van der Waals surface area (Å²) in [4.78, 5) is 23.6. The van der Waals surface area contributed by atoms with Crippen LogP contribution in [0.3, 0.4) is 0 Å². The maximum absolute atomic E-state index is 12.9. The second-order valence-corrected chi connectivity index (χ2v) is 8.63. The van der Waals surface area contributed by atoms with Gasteiger partial charge in [0.05, 0.1) is 24.8 Å². The van der Waals surface area contributed by atoms with E-state index in [2.05, 4.69) is 20.0 Å². The van der Waals surface area contributed by atoms with Gasteiger partial charge >= 0.3 is 0 Å². The number of nitrogens with zero attached hydrogens (tertiary/aromatic N) is 5. The summed E-state index contributed by atoms with van der Waals surface area (Å²) in [5.74, 6) is 7.07. The minimum Gasteiger partial charge on any atom is -0.495 e. The molecule has 0 radical (unpaired) electrons. The lowest BCUT2D eigenvalue weighted by molar-refractivity contribution is -0.135. The molecular formula is C24H32N6O2. The van der Waals surface area contributed by atoms with Crippen LogP contribution in [0.4, 0.5) is 0 Å². The van der Waals surface area contributed by atoms with E-state index in [1.54, 1.807) is 19.7 Å². The first kappa shape index (κ1) is 22.0. The lowest BCUT2D eigenvalue weighted by Crippen LogP contribution is -2.50. The molecule has 0 spiro atoms. The Hall–Kier alpha value is -3.16. The van der Waals surface area contributed by atoms with E-state index in [1.165, 1.54) is 25.7 Å². The molecule has 1 aliphatic heterocycles. The first-order valence-corrected chi connectivity index (χ1v) is 11.4. The Labute approximate surface area is 189 Å². The zero-order chi connectivity index (χ0) is 22.5. The maximum Gasteiger partial charge on any atom is 0.244 e. The SMILES string of the molecule is COc1cc(/C(C=NCC(=O)N2CCCC3CCCCC32)=N/N)ccc1-n1cnc(C)c1. The number of ether oxygens (including phenoxy) is 1. The van der Waals surface area contributed by atoms with E-state index in [4.69, 9.17) is 10.6 Å². The normalized spacial score (nSPS) is 21.6. The van der Waals surface area contributed by atoms with Crippen molar-refractivity contribution >= 4 is 17.8 Å². The van der Waals surface area contributed by atoms with Crippen molar-refractivity contribution in [1.29, 1.82) is 0 Å².